The zero-order chi connectivity index (χ0) is 19.1. The van der Waals surface area contributed by atoms with Crippen LogP contribution in [0.2, 0.25) is 0 Å². The molecule has 0 radical (unpaired) electrons. The fraction of sp³-hybridized carbons (Fsp3) is 0.421. The minimum Gasteiger partial charge on any atom is -0.394 e. The molecule has 1 aliphatic heterocycles. The highest BCUT2D eigenvalue weighted by atomic mass is 16.6. The van der Waals surface area contributed by atoms with Gasteiger partial charge < -0.3 is 20.1 Å². The number of rotatable bonds is 4. The van der Waals surface area contributed by atoms with Crippen molar-refractivity contribution in [2.24, 2.45) is 0 Å². The quantitative estimate of drug-likeness (QED) is 0.633. The Kier molecular flexibility index (Phi) is 4.65. The molecule has 8 heteroatoms. The Morgan fingerprint density at radius 2 is 1.96 bits per heavy atom. The van der Waals surface area contributed by atoms with E-state index in [9.17, 15) is 15.3 Å². The number of benzene rings is 1. The van der Waals surface area contributed by atoms with Gasteiger partial charge in [0, 0.05) is 5.56 Å². The van der Waals surface area contributed by atoms with E-state index in [0.717, 1.165) is 5.56 Å². The molecule has 3 N–H and O–H groups in total. The molecule has 27 heavy (non-hydrogen) atoms. The van der Waals surface area contributed by atoms with Crippen LogP contribution in [0.25, 0.3) is 22.4 Å². The number of hydrogen-bond acceptors (Lipinski definition) is 7. The first-order chi connectivity index (χ1) is 13.0. The predicted molar refractivity (Wildman–Crippen MR) is 97.9 cm³/mol. The van der Waals surface area contributed by atoms with Gasteiger partial charge in [0.15, 0.2) is 11.9 Å². The molecule has 142 valence electrons. The molecular formula is C19H22N4O4. The zero-order valence-electron chi connectivity index (χ0n) is 15.1. The van der Waals surface area contributed by atoms with Crippen LogP contribution in [0.3, 0.4) is 0 Å². The maximum absolute atomic E-state index is 10.3. The van der Waals surface area contributed by atoms with Crippen molar-refractivity contribution < 1.29 is 20.1 Å². The van der Waals surface area contributed by atoms with E-state index in [0.29, 0.717) is 22.8 Å². The Labute approximate surface area is 156 Å². The van der Waals surface area contributed by atoms with Gasteiger partial charge in [0.25, 0.3) is 0 Å². The van der Waals surface area contributed by atoms with Crippen molar-refractivity contribution in [2.75, 3.05) is 6.61 Å². The summed E-state index contributed by atoms with van der Waals surface area (Å²) in [5.74, 6) is 0.388. The number of ether oxygens (including phenoxy) is 1. The predicted octanol–water partition coefficient (Wildman–Crippen LogP) is 1.23. The van der Waals surface area contributed by atoms with Crippen LogP contribution < -0.4 is 0 Å². The smallest absolute Gasteiger partial charge is 0.166 e. The van der Waals surface area contributed by atoms with Crippen molar-refractivity contribution in [3.8, 4) is 11.3 Å². The van der Waals surface area contributed by atoms with E-state index >= 15 is 0 Å². The summed E-state index contributed by atoms with van der Waals surface area (Å²) >= 11 is 0. The van der Waals surface area contributed by atoms with Crippen molar-refractivity contribution in [3.63, 3.8) is 0 Å². The van der Waals surface area contributed by atoms with Crippen molar-refractivity contribution in [1.82, 2.24) is 19.5 Å². The molecule has 8 nitrogen and oxygen atoms in total. The molecule has 0 aliphatic carbocycles. The lowest BCUT2D eigenvalue weighted by Gasteiger charge is -2.16. The average molecular weight is 370 g/mol. The number of aliphatic hydroxyl groups excluding tert-OH is 3. The second-order valence-corrected chi connectivity index (χ2v) is 7.06. The largest absolute Gasteiger partial charge is 0.394 e. The summed E-state index contributed by atoms with van der Waals surface area (Å²) in [4.78, 5) is 13.1. The third kappa shape index (κ3) is 3.00. The standard InChI is InChI=1S/C19H22N4O4/c1-10(2)11-4-3-5-12(6-11)14-15-18(21-8-20-14)23(9-22-15)19-17(26)16(25)13(7-24)27-19/h3-6,8-10,13,16-17,19,24-26H,7H2,1-2H3/t13-,16-,17-,19-/m1/s1. The molecule has 4 atom stereocenters. The summed E-state index contributed by atoms with van der Waals surface area (Å²) in [5, 5.41) is 29.6. The molecule has 0 bridgehead atoms. The topological polar surface area (TPSA) is 114 Å². The van der Waals surface area contributed by atoms with Crippen LogP contribution >= 0.6 is 0 Å². The lowest BCUT2D eigenvalue weighted by Crippen LogP contribution is -2.33. The molecule has 0 amide bonds. The Hall–Kier alpha value is -2.39. The number of hydrogen-bond donors (Lipinski definition) is 3. The van der Waals surface area contributed by atoms with Crippen LogP contribution in [-0.4, -0.2) is 59.8 Å². The summed E-state index contributed by atoms with van der Waals surface area (Å²) in [7, 11) is 0. The first kappa shape index (κ1) is 18.0. The Bertz CT molecular complexity index is 958. The fourth-order valence-electron chi connectivity index (χ4n) is 3.40. The van der Waals surface area contributed by atoms with Crippen LogP contribution in [0.15, 0.2) is 36.9 Å². The monoisotopic (exact) mass is 370 g/mol. The molecular weight excluding hydrogens is 348 g/mol. The normalized spacial score (nSPS) is 25.6. The van der Waals surface area contributed by atoms with E-state index in [2.05, 4.69) is 40.9 Å². The number of fused-ring (bicyclic) bond motifs is 1. The van der Waals surface area contributed by atoms with E-state index in [1.807, 2.05) is 12.1 Å². The number of aliphatic hydroxyl groups is 3. The third-order valence-corrected chi connectivity index (χ3v) is 4.98. The van der Waals surface area contributed by atoms with Gasteiger partial charge in [-0.05, 0) is 17.5 Å². The van der Waals surface area contributed by atoms with E-state index in [1.54, 1.807) is 4.57 Å². The first-order valence-corrected chi connectivity index (χ1v) is 8.91. The highest BCUT2D eigenvalue weighted by molar-refractivity contribution is 5.87. The molecule has 1 aliphatic rings. The molecule has 1 saturated heterocycles. The highest BCUT2D eigenvalue weighted by Gasteiger charge is 2.44. The van der Waals surface area contributed by atoms with Crippen LogP contribution in [-0.2, 0) is 4.74 Å². The van der Waals surface area contributed by atoms with Gasteiger partial charge in [-0.2, -0.15) is 0 Å². The molecule has 2 aromatic heterocycles. The van der Waals surface area contributed by atoms with Crippen molar-refractivity contribution in [1.29, 1.82) is 0 Å². The Morgan fingerprint density at radius 1 is 1.15 bits per heavy atom. The summed E-state index contributed by atoms with van der Waals surface area (Å²) in [6, 6.07) is 8.11. The first-order valence-electron chi connectivity index (χ1n) is 8.91. The molecule has 0 spiro atoms. The van der Waals surface area contributed by atoms with E-state index < -0.39 is 24.5 Å². The zero-order valence-corrected chi connectivity index (χ0v) is 15.1. The van der Waals surface area contributed by atoms with Crippen LogP contribution in [0.5, 0.6) is 0 Å². The fourth-order valence-corrected chi connectivity index (χ4v) is 3.40. The Morgan fingerprint density at radius 3 is 2.67 bits per heavy atom. The van der Waals surface area contributed by atoms with E-state index in [1.165, 1.54) is 18.2 Å². The van der Waals surface area contributed by atoms with Crippen LogP contribution in [0.4, 0.5) is 0 Å². The van der Waals surface area contributed by atoms with Gasteiger partial charge in [0.05, 0.1) is 12.9 Å². The van der Waals surface area contributed by atoms with Gasteiger partial charge in [-0.3, -0.25) is 4.57 Å². The van der Waals surface area contributed by atoms with Gasteiger partial charge in [0.2, 0.25) is 0 Å². The van der Waals surface area contributed by atoms with Gasteiger partial charge in [-0.1, -0.05) is 32.0 Å². The maximum Gasteiger partial charge on any atom is 0.166 e. The van der Waals surface area contributed by atoms with Gasteiger partial charge in [-0.15, -0.1) is 0 Å². The third-order valence-electron chi connectivity index (χ3n) is 4.98. The van der Waals surface area contributed by atoms with E-state index in [-0.39, 0.29) is 6.61 Å². The summed E-state index contributed by atoms with van der Waals surface area (Å²) in [6.07, 6.45) is -1.16. The van der Waals surface area contributed by atoms with Gasteiger partial charge in [-0.25, -0.2) is 15.0 Å². The second-order valence-electron chi connectivity index (χ2n) is 7.06. The molecule has 3 heterocycles. The summed E-state index contributed by atoms with van der Waals surface area (Å²) in [6.45, 7) is 3.87. The molecule has 1 aromatic carbocycles. The molecule has 1 fully saturated rings. The SMILES string of the molecule is CC(C)c1cccc(-c2ncnc3c2ncn3[C@@H]2O[C@H](CO)[C@@H](O)[C@H]2O)c1. The molecule has 4 rings (SSSR count). The Balaban J connectivity index is 1.78. The minimum absolute atomic E-state index is 0.385. The number of nitrogens with zero attached hydrogens (tertiary/aromatic N) is 4. The number of aromatic nitrogens is 4. The second kappa shape index (κ2) is 6.97. The van der Waals surface area contributed by atoms with Crippen molar-refractivity contribution in [2.45, 2.75) is 44.3 Å². The van der Waals surface area contributed by atoms with Crippen LogP contribution in [0, 0.1) is 0 Å². The lowest BCUT2D eigenvalue weighted by molar-refractivity contribution is -0.0511. The van der Waals surface area contributed by atoms with Gasteiger partial charge in [0.1, 0.15) is 35.8 Å². The summed E-state index contributed by atoms with van der Waals surface area (Å²) in [5.41, 5.74) is 3.89. The molecule has 0 saturated carbocycles. The average Bonchev–Trinajstić information content (AvgIpc) is 3.23. The lowest BCUT2D eigenvalue weighted by atomic mass is 9.99. The molecule has 3 aromatic rings. The van der Waals surface area contributed by atoms with E-state index in [4.69, 9.17) is 4.74 Å². The van der Waals surface area contributed by atoms with Crippen LogP contribution in [0.1, 0.15) is 31.6 Å². The number of imidazole rings is 1. The van der Waals surface area contributed by atoms with Gasteiger partial charge >= 0.3 is 0 Å². The molecule has 0 unspecified atom stereocenters. The van der Waals surface area contributed by atoms with Crippen molar-refractivity contribution in [3.05, 3.63) is 42.5 Å². The van der Waals surface area contributed by atoms with Crippen molar-refractivity contribution >= 4 is 11.2 Å². The summed E-state index contributed by atoms with van der Waals surface area (Å²) < 4.78 is 7.16. The minimum atomic E-state index is -1.19. The maximum atomic E-state index is 10.3. The highest BCUT2D eigenvalue weighted by Crippen LogP contribution is 2.33.